The van der Waals surface area contributed by atoms with Gasteiger partial charge in [0.15, 0.2) is 5.79 Å². The number of fused-ring (bicyclic) bond motifs is 1. The highest BCUT2D eigenvalue weighted by molar-refractivity contribution is 5.85. The Bertz CT molecular complexity index is 660. The summed E-state index contributed by atoms with van der Waals surface area (Å²) in [6, 6.07) is 5.63. The van der Waals surface area contributed by atoms with Gasteiger partial charge in [0.1, 0.15) is 5.75 Å². The van der Waals surface area contributed by atoms with Gasteiger partial charge in [-0.25, -0.2) is 0 Å². The molecule has 1 aromatic carbocycles. The van der Waals surface area contributed by atoms with E-state index >= 15 is 0 Å². The lowest BCUT2D eigenvalue weighted by atomic mass is 9.81. The number of hydrogen-bond acceptors (Lipinski definition) is 3. The molecule has 1 aliphatic heterocycles. The fourth-order valence-corrected chi connectivity index (χ4v) is 3.89. The van der Waals surface area contributed by atoms with Crippen molar-refractivity contribution in [1.29, 1.82) is 0 Å². The second-order valence-electron chi connectivity index (χ2n) is 6.28. The molecule has 1 saturated heterocycles. The van der Waals surface area contributed by atoms with Crippen LogP contribution in [0.4, 0.5) is 0 Å². The number of benzene rings is 1. The maximum absolute atomic E-state index is 9.78. The lowest BCUT2D eigenvalue weighted by molar-refractivity contribution is -0.178. The molecule has 0 amide bonds. The highest BCUT2D eigenvalue weighted by atomic mass is 16.7. The Morgan fingerprint density at radius 1 is 1.19 bits per heavy atom. The summed E-state index contributed by atoms with van der Waals surface area (Å²) in [5.41, 5.74) is 2.52. The van der Waals surface area contributed by atoms with Gasteiger partial charge in [0.05, 0.1) is 13.2 Å². The molecule has 0 radical (unpaired) electrons. The van der Waals surface area contributed by atoms with Gasteiger partial charge in [-0.2, -0.15) is 0 Å². The molecule has 1 spiro atoms. The van der Waals surface area contributed by atoms with E-state index in [1.165, 1.54) is 16.5 Å². The monoisotopic (exact) mass is 287 g/mol. The molecule has 2 heterocycles. The van der Waals surface area contributed by atoms with Crippen LogP contribution in [0.2, 0.25) is 0 Å². The molecule has 2 fully saturated rings. The number of phenolic OH excluding ortho intramolecular Hbond substituents is 1. The molecule has 21 heavy (non-hydrogen) atoms. The number of aryl methyl sites for hydroxylation is 1. The van der Waals surface area contributed by atoms with E-state index in [1.54, 1.807) is 6.07 Å². The minimum Gasteiger partial charge on any atom is -0.508 e. The fourth-order valence-electron chi connectivity index (χ4n) is 3.89. The second-order valence-corrected chi connectivity index (χ2v) is 6.28. The van der Waals surface area contributed by atoms with Crippen molar-refractivity contribution in [2.45, 2.75) is 37.4 Å². The number of aromatic nitrogens is 1. The van der Waals surface area contributed by atoms with Crippen molar-refractivity contribution >= 4 is 10.9 Å². The first kappa shape index (κ1) is 13.2. The average Bonchev–Trinajstić information content (AvgIpc) is 3.06. The van der Waals surface area contributed by atoms with E-state index in [1.807, 2.05) is 12.1 Å². The molecule has 0 bridgehead atoms. The molecule has 4 nitrogen and oxygen atoms in total. The predicted octanol–water partition coefficient (Wildman–Crippen LogP) is 3.28. The van der Waals surface area contributed by atoms with Gasteiger partial charge >= 0.3 is 0 Å². The quantitative estimate of drug-likeness (QED) is 0.875. The summed E-state index contributed by atoms with van der Waals surface area (Å²) in [5.74, 6) is 0.557. The Labute approximate surface area is 124 Å². The van der Waals surface area contributed by atoms with E-state index < -0.39 is 0 Å². The normalized spacial score (nSPS) is 22.3. The lowest BCUT2D eigenvalue weighted by Gasteiger charge is -2.35. The highest BCUT2D eigenvalue weighted by Crippen LogP contribution is 2.44. The highest BCUT2D eigenvalue weighted by Gasteiger charge is 2.40. The first-order valence-electron chi connectivity index (χ1n) is 7.73. The zero-order valence-electron chi connectivity index (χ0n) is 12.3. The van der Waals surface area contributed by atoms with E-state index in [0.717, 1.165) is 38.9 Å². The van der Waals surface area contributed by atoms with Crippen LogP contribution in [0.3, 0.4) is 0 Å². The SMILES string of the molecule is Cn1cc(C2CCC3(CC2)OCCO3)c2cc(O)ccc21. The van der Waals surface area contributed by atoms with Crippen molar-refractivity contribution in [2.75, 3.05) is 13.2 Å². The number of ether oxygens (including phenoxy) is 2. The topological polar surface area (TPSA) is 43.6 Å². The predicted molar refractivity (Wildman–Crippen MR) is 80.4 cm³/mol. The van der Waals surface area contributed by atoms with Crippen LogP contribution in [0.1, 0.15) is 37.2 Å². The summed E-state index contributed by atoms with van der Waals surface area (Å²) in [4.78, 5) is 0. The molecule has 112 valence electrons. The Morgan fingerprint density at radius 3 is 2.62 bits per heavy atom. The third kappa shape index (κ3) is 2.14. The smallest absolute Gasteiger partial charge is 0.168 e. The van der Waals surface area contributed by atoms with Gasteiger partial charge in [-0.1, -0.05) is 0 Å². The van der Waals surface area contributed by atoms with Gasteiger partial charge in [0, 0.05) is 37.0 Å². The van der Waals surface area contributed by atoms with E-state index in [9.17, 15) is 5.11 Å². The van der Waals surface area contributed by atoms with Gasteiger partial charge in [-0.05, 0) is 42.5 Å². The van der Waals surface area contributed by atoms with Gasteiger partial charge < -0.3 is 19.1 Å². The lowest BCUT2D eigenvalue weighted by Crippen LogP contribution is -2.34. The summed E-state index contributed by atoms with van der Waals surface area (Å²) in [5, 5.41) is 11.0. The summed E-state index contributed by atoms with van der Waals surface area (Å²) in [6.07, 6.45) is 6.30. The Hall–Kier alpha value is -1.52. The molecule has 4 rings (SSSR count). The molecule has 2 aromatic rings. The molecular weight excluding hydrogens is 266 g/mol. The van der Waals surface area contributed by atoms with Crippen LogP contribution in [0.15, 0.2) is 24.4 Å². The van der Waals surface area contributed by atoms with Crippen LogP contribution >= 0.6 is 0 Å². The summed E-state index contributed by atoms with van der Waals surface area (Å²) >= 11 is 0. The third-order valence-corrected chi connectivity index (χ3v) is 5.00. The van der Waals surface area contributed by atoms with Crippen molar-refractivity contribution in [3.05, 3.63) is 30.0 Å². The molecule has 1 N–H and O–H groups in total. The van der Waals surface area contributed by atoms with Crippen LogP contribution in [-0.2, 0) is 16.5 Å². The molecular formula is C17H21NO3. The Kier molecular flexibility index (Phi) is 2.98. The van der Waals surface area contributed by atoms with Gasteiger partial charge in [-0.15, -0.1) is 0 Å². The largest absolute Gasteiger partial charge is 0.508 e. The van der Waals surface area contributed by atoms with Crippen LogP contribution in [0.25, 0.3) is 10.9 Å². The standard InChI is InChI=1S/C17H21NO3/c1-18-11-15(14-10-13(19)2-3-16(14)18)12-4-6-17(7-5-12)20-8-9-21-17/h2-3,10-12,19H,4-9H2,1H3. The summed E-state index contributed by atoms with van der Waals surface area (Å²) in [7, 11) is 2.07. The van der Waals surface area contributed by atoms with Crippen LogP contribution < -0.4 is 0 Å². The fraction of sp³-hybridized carbons (Fsp3) is 0.529. The summed E-state index contributed by atoms with van der Waals surface area (Å²) < 4.78 is 13.8. The number of hydrogen-bond donors (Lipinski definition) is 1. The zero-order chi connectivity index (χ0) is 14.4. The maximum atomic E-state index is 9.78. The molecule has 4 heteroatoms. The maximum Gasteiger partial charge on any atom is 0.168 e. The van der Waals surface area contributed by atoms with Crippen molar-refractivity contribution in [3.63, 3.8) is 0 Å². The number of aromatic hydroxyl groups is 1. The Balaban J connectivity index is 1.64. The van der Waals surface area contributed by atoms with E-state index in [2.05, 4.69) is 17.8 Å². The summed E-state index contributed by atoms with van der Waals surface area (Å²) in [6.45, 7) is 1.46. The van der Waals surface area contributed by atoms with Crippen molar-refractivity contribution in [2.24, 2.45) is 7.05 Å². The first-order valence-corrected chi connectivity index (χ1v) is 7.73. The zero-order valence-corrected chi connectivity index (χ0v) is 12.3. The average molecular weight is 287 g/mol. The van der Waals surface area contributed by atoms with Gasteiger partial charge in [0.2, 0.25) is 0 Å². The van der Waals surface area contributed by atoms with Crippen molar-refractivity contribution < 1.29 is 14.6 Å². The van der Waals surface area contributed by atoms with Crippen molar-refractivity contribution in [3.8, 4) is 5.75 Å². The van der Waals surface area contributed by atoms with E-state index in [-0.39, 0.29) is 5.79 Å². The van der Waals surface area contributed by atoms with Crippen LogP contribution in [0.5, 0.6) is 5.75 Å². The minimum absolute atomic E-state index is 0.302. The molecule has 2 aliphatic rings. The minimum atomic E-state index is -0.302. The van der Waals surface area contributed by atoms with Gasteiger partial charge in [-0.3, -0.25) is 0 Å². The van der Waals surface area contributed by atoms with Crippen molar-refractivity contribution in [1.82, 2.24) is 4.57 Å². The second kappa shape index (κ2) is 4.75. The number of rotatable bonds is 1. The van der Waals surface area contributed by atoms with E-state index in [0.29, 0.717) is 11.7 Å². The van der Waals surface area contributed by atoms with Crippen LogP contribution in [-0.4, -0.2) is 28.7 Å². The number of phenols is 1. The molecule has 1 saturated carbocycles. The third-order valence-electron chi connectivity index (χ3n) is 5.00. The first-order chi connectivity index (χ1) is 10.2. The van der Waals surface area contributed by atoms with Crippen LogP contribution in [0, 0.1) is 0 Å². The molecule has 0 unspecified atom stereocenters. The molecule has 1 aromatic heterocycles. The van der Waals surface area contributed by atoms with E-state index in [4.69, 9.17) is 9.47 Å². The van der Waals surface area contributed by atoms with Gasteiger partial charge in [0.25, 0.3) is 0 Å². The number of nitrogens with zero attached hydrogens (tertiary/aromatic N) is 1. The molecule has 1 aliphatic carbocycles. The Morgan fingerprint density at radius 2 is 1.90 bits per heavy atom. The molecule has 0 atom stereocenters.